The fraction of sp³-hybridized carbons (Fsp3) is 0.600. The van der Waals surface area contributed by atoms with E-state index in [4.69, 9.17) is 15.3 Å². The highest BCUT2D eigenvalue weighted by molar-refractivity contribution is 5.45. The smallest absolute Gasteiger partial charge is 0.124 e. The Bertz CT molecular complexity index is 407. The molecule has 0 radical (unpaired) electrons. The molecule has 0 aromatic heterocycles. The number of hydrazine groups is 1. The summed E-state index contributed by atoms with van der Waals surface area (Å²) in [5.41, 5.74) is 6.31. The van der Waals surface area contributed by atoms with E-state index in [2.05, 4.69) is 32.3 Å². The molecule has 0 aliphatic heterocycles. The predicted octanol–water partition coefficient (Wildman–Crippen LogP) is 2.63. The number of ether oxygens (including phenoxy) is 2. The number of nitrogens with two attached hydrogens (primary N) is 1. The minimum Gasteiger partial charge on any atom is -0.496 e. The van der Waals surface area contributed by atoms with Gasteiger partial charge in [-0.15, -0.1) is 0 Å². The van der Waals surface area contributed by atoms with Crippen molar-refractivity contribution in [3.63, 3.8) is 0 Å². The Morgan fingerprint density at radius 2 is 1.95 bits per heavy atom. The molecular formula is C15H26N2O2. The van der Waals surface area contributed by atoms with Crippen LogP contribution in [0.3, 0.4) is 0 Å². The van der Waals surface area contributed by atoms with Crippen LogP contribution in [0.5, 0.6) is 5.75 Å². The van der Waals surface area contributed by atoms with E-state index in [0.29, 0.717) is 6.61 Å². The Morgan fingerprint density at radius 1 is 1.26 bits per heavy atom. The van der Waals surface area contributed by atoms with Gasteiger partial charge in [0.05, 0.1) is 19.3 Å². The van der Waals surface area contributed by atoms with Crippen LogP contribution >= 0.6 is 0 Å². The third kappa shape index (κ3) is 3.69. The van der Waals surface area contributed by atoms with Crippen molar-refractivity contribution in [1.29, 1.82) is 0 Å². The quantitative estimate of drug-likeness (QED) is 0.588. The fourth-order valence-electron chi connectivity index (χ4n) is 2.55. The number of hydrogen-bond acceptors (Lipinski definition) is 4. The zero-order valence-electron chi connectivity index (χ0n) is 12.6. The molecule has 0 fully saturated rings. The van der Waals surface area contributed by atoms with Gasteiger partial charge in [-0.3, -0.25) is 11.3 Å². The summed E-state index contributed by atoms with van der Waals surface area (Å²) in [6.45, 7) is 8.90. The number of hydrogen-bond donors (Lipinski definition) is 2. The Labute approximate surface area is 116 Å². The normalized spacial score (nSPS) is 14.2. The molecule has 19 heavy (non-hydrogen) atoms. The largest absolute Gasteiger partial charge is 0.496 e. The third-order valence-electron chi connectivity index (χ3n) is 3.36. The Kier molecular flexibility index (Phi) is 6.28. The zero-order valence-corrected chi connectivity index (χ0v) is 12.6. The van der Waals surface area contributed by atoms with Crippen LogP contribution in [0.1, 0.15) is 43.0 Å². The summed E-state index contributed by atoms with van der Waals surface area (Å²) in [6, 6.07) is 4.10. The molecule has 1 aromatic carbocycles. The van der Waals surface area contributed by atoms with Gasteiger partial charge < -0.3 is 9.47 Å². The van der Waals surface area contributed by atoms with Crippen LogP contribution < -0.4 is 16.0 Å². The van der Waals surface area contributed by atoms with Crippen molar-refractivity contribution in [3.8, 4) is 5.75 Å². The van der Waals surface area contributed by atoms with Crippen LogP contribution in [0, 0.1) is 13.8 Å². The number of rotatable bonds is 7. The van der Waals surface area contributed by atoms with Gasteiger partial charge in [-0.2, -0.15) is 0 Å². The lowest BCUT2D eigenvalue weighted by Crippen LogP contribution is -2.38. The molecule has 0 heterocycles. The van der Waals surface area contributed by atoms with Crippen molar-refractivity contribution in [2.45, 2.75) is 46.3 Å². The fourth-order valence-corrected chi connectivity index (χ4v) is 2.55. The lowest BCUT2D eigenvalue weighted by molar-refractivity contribution is 0.0306. The maximum atomic E-state index is 5.79. The first-order valence-electron chi connectivity index (χ1n) is 6.81. The SMILES string of the molecule is CCOC(CC)C(NN)c1c(C)cc(C)cc1OC. The topological polar surface area (TPSA) is 56.5 Å². The average molecular weight is 266 g/mol. The van der Waals surface area contributed by atoms with E-state index in [0.717, 1.165) is 23.3 Å². The maximum Gasteiger partial charge on any atom is 0.124 e. The lowest BCUT2D eigenvalue weighted by Gasteiger charge is -2.28. The predicted molar refractivity (Wildman–Crippen MR) is 78.2 cm³/mol. The first-order chi connectivity index (χ1) is 9.08. The van der Waals surface area contributed by atoms with Crippen LogP contribution in [0.2, 0.25) is 0 Å². The number of nitrogens with one attached hydrogen (secondary N) is 1. The zero-order chi connectivity index (χ0) is 14.4. The first-order valence-corrected chi connectivity index (χ1v) is 6.81. The molecule has 4 nitrogen and oxygen atoms in total. The van der Waals surface area contributed by atoms with Crippen molar-refractivity contribution in [2.75, 3.05) is 13.7 Å². The van der Waals surface area contributed by atoms with Crippen molar-refractivity contribution >= 4 is 0 Å². The van der Waals surface area contributed by atoms with Crippen molar-refractivity contribution in [3.05, 3.63) is 28.8 Å². The van der Waals surface area contributed by atoms with Gasteiger partial charge in [-0.1, -0.05) is 13.0 Å². The monoisotopic (exact) mass is 266 g/mol. The average Bonchev–Trinajstić information content (AvgIpc) is 2.39. The van der Waals surface area contributed by atoms with Gasteiger partial charge in [-0.05, 0) is 44.4 Å². The Morgan fingerprint density at radius 3 is 2.42 bits per heavy atom. The molecule has 0 saturated carbocycles. The van der Waals surface area contributed by atoms with Gasteiger partial charge in [0, 0.05) is 12.2 Å². The number of benzene rings is 1. The van der Waals surface area contributed by atoms with Gasteiger partial charge in [0.1, 0.15) is 5.75 Å². The second kappa shape index (κ2) is 7.48. The summed E-state index contributed by atoms with van der Waals surface area (Å²) in [6.07, 6.45) is 0.921. The molecule has 108 valence electrons. The van der Waals surface area contributed by atoms with Crippen molar-refractivity contribution in [2.24, 2.45) is 5.84 Å². The molecule has 1 rings (SSSR count). The van der Waals surface area contributed by atoms with E-state index in [9.17, 15) is 0 Å². The summed E-state index contributed by atoms with van der Waals surface area (Å²) < 4.78 is 11.3. The molecule has 0 saturated heterocycles. The molecule has 2 unspecified atom stereocenters. The molecule has 0 aliphatic rings. The lowest BCUT2D eigenvalue weighted by atomic mass is 9.93. The molecule has 0 aliphatic carbocycles. The van der Waals surface area contributed by atoms with E-state index in [1.165, 1.54) is 5.56 Å². The van der Waals surface area contributed by atoms with Crippen LogP contribution in [0.4, 0.5) is 0 Å². The summed E-state index contributed by atoms with van der Waals surface area (Å²) in [5.74, 6) is 6.62. The van der Waals surface area contributed by atoms with Crippen molar-refractivity contribution in [1.82, 2.24) is 5.43 Å². The van der Waals surface area contributed by atoms with Gasteiger partial charge in [0.2, 0.25) is 0 Å². The Hall–Kier alpha value is -1.10. The second-order valence-corrected chi connectivity index (χ2v) is 4.74. The summed E-state index contributed by atoms with van der Waals surface area (Å²) in [7, 11) is 1.69. The molecule has 0 amide bonds. The van der Waals surface area contributed by atoms with Crippen LogP contribution in [-0.2, 0) is 4.74 Å². The van der Waals surface area contributed by atoms with Gasteiger partial charge >= 0.3 is 0 Å². The molecule has 0 spiro atoms. The van der Waals surface area contributed by atoms with Gasteiger partial charge in [0.25, 0.3) is 0 Å². The molecule has 0 bridgehead atoms. The molecule has 3 N–H and O–H groups in total. The van der Waals surface area contributed by atoms with Crippen LogP contribution in [0.25, 0.3) is 0 Å². The molecule has 2 atom stereocenters. The third-order valence-corrected chi connectivity index (χ3v) is 3.36. The number of aryl methyl sites for hydroxylation is 2. The molecular weight excluding hydrogens is 240 g/mol. The van der Waals surface area contributed by atoms with E-state index in [1.807, 2.05) is 13.0 Å². The van der Waals surface area contributed by atoms with E-state index >= 15 is 0 Å². The molecule has 1 aromatic rings. The first kappa shape index (κ1) is 16.0. The van der Waals surface area contributed by atoms with E-state index in [-0.39, 0.29) is 12.1 Å². The van der Waals surface area contributed by atoms with E-state index in [1.54, 1.807) is 7.11 Å². The van der Waals surface area contributed by atoms with Crippen molar-refractivity contribution < 1.29 is 9.47 Å². The van der Waals surface area contributed by atoms with Crippen LogP contribution in [-0.4, -0.2) is 19.8 Å². The summed E-state index contributed by atoms with van der Waals surface area (Å²) in [5, 5.41) is 0. The summed E-state index contributed by atoms with van der Waals surface area (Å²) >= 11 is 0. The highest BCUT2D eigenvalue weighted by Crippen LogP contribution is 2.33. The maximum absolute atomic E-state index is 5.79. The number of methoxy groups -OCH3 is 1. The van der Waals surface area contributed by atoms with Gasteiger partial charge in [0.15, 0.2) is 0 Å². The van der Waals surface area contributed by atoms with Gasteiger partial charge in [-0.25, -0.2) is 0 Å². The minimum absolute atomic E-state index is 0.0327. The summed E-state index contributed by atoms with van der Waals surface area (Å²) in [4.78, 5) is 0. The Balaban J connectivity index is 3.23. The van der Waals surface area contributed by atoms with Crippen LogP contribution in [0.15, 0.2) is 12.1 Å². The minimum atomic E-state index is -0.0690. The highest BCUT2D eigenvalue weighted by atomic mass is 16.5. The van der Waals surface area contributed by atoms with E-state index < -0.39 is 0 Å². The second-order valence-electron chi connectivity index (χ2n) is 4.74. The standard InChI is InChI=1S/C15H26N2O2/c1-6-12(19-7-2)15(17-16)14-11(4)8-10(3)9-13(14)18-5/h8-9,12,15,17H,6-7,16H2,1-5H3. The highest BCUT2D eigenvalue weighted by Gasteiger charge is 2.26. The molecule has 4 heteroatoms.